The van der Waals surface area contributed by atoms with Crippen LogP contribution in [0.15, 0.2) is 53.1 Å². The molecule has 0 aliphatic rings. The number of aliphatic hydroxyl groups excluding tert-OH is 1. The Bertz CT molecular complexity index is 897. The number of aliphatic hydroxyl groups is 1. The van der Waals surface area contributed by atoms with E-state index in [1.807, 2.05) is 55.5 Å². The van der Waals surface area contributed by atoms with Crippen molar-refractivity contribution < 1.29 is 9.52 Å². The van der Waals surface area contributed by atoms with Gasteiger partial charge >= 0.3 is 0 Å². The van der Waals surface area contributed by atoms with Crippen LogP contribution in [0.4, 0.5) is 0 Å². The normalized spacial score (nSPS) is 11.6. The van der Waals surface area contributed by atoms with E-state index in [-0.39, 0.29) is 6.61 Å². The fourth-order valence-corrected chi connectivity index (χ4v) is 2.56. The predicted molar refractivity (Wildman–Crippen MR) is 86.8 cm³/mol. The van der Waals surface area contributed by atoms with Gasteiger partial charge < -0.3 is 9.52 Å². The van der Waals surface area contributed by atoms with Gasteiger partial charge in [0.05, 0.1) is 24.5 Å². The highest BCUT2D eigenvalue weighted by Gasteiger charge is 2.07. The molecule has 0 amide bonds. The first kappa shape index (κ1) is 14.1. The van der Waals surface area contributed by atoms with Crippen molar-refractivity contribution in [2.45, 2.75) is 13.5 Å². The summed E-state index contributed by atoms with van der Waals surface area (Å²) < 4.78 is 5.50. The van der Waals surface area contributed by atoms with Crippen LogP contribution in [-0.4, -0.2) is 5.11 Å². The highest BCUT2D eigenvalue weighted by atomic mass is 16.3. The van der Waals surface area contributed by atoms with Crippen molar-refractivity contribution in [3.05, 3.63) is 71.0 Å². The van der Waals surface area contributed by atoms with Gasteiger partial charge in [0, 0.05) is 10.9 Å². The first-order valence-corrected chi connectivity index (χ1v) is 7.01. The van der Waals surface area contributed by atoms with Crippen LogP contribution in [0.2, 0.25) is 0 Å². The van der Waals surface area contributed by atoms with Crippen molar-refractivity contribution in [1.29, 1.82) is 5.26 Å². The van der Waals surface area contributed by atoms with Gasteiger partial charge in [-0.2, -0.15) is 5.26 Å². The average Bonchev–Trinajstić information content (AvgIpc) is 2.95. The second-order valence-corrected chi connectivity index (χ2v) is 5.22. The van der Waals surface area contributed by atoms with Crippen molar-refractivity contribution in [2.24, 2.45) is 0 Å². The molecule has 0 spiro atoms. The van der Waals surface area contributed by atoms with E-state index in [2.05, 4.69) is 6.07 Å². The van der Waals surface area contributed by atoms with Crippen molar-refractivity contribution in [1.82, 2.24) is 0 Å². The molecule has 0 aliphatic heterocycles. The lowest BCUT2D eigenvalue weighted by Gasteiger charge is -2.05. The minimum atomic E-state index is -0.0397. The lowest BCUT2D eigenvalue weighted by atomic mass is 9.99. The summed E-state index contributed by atoms with van der Waals surface area (Å²) in [5, 5.41) is 19.8. The van der Waals surface area contributed by atoms with E-state index in [1.165, 1.54) is 0 Å². The molecule has 1 aromatic heterocycles. The van der Waals surface area contributed by atoms with Crippen LogP contribution in [0.5, 0.6) is 0 Å². The maximum absolute atomic E-state index is 9.49. The van der Waals surface area contributed by atoms with Gasteiger partial charge in [-0.3, -0.25) is 0 Å². The first-order chi connectivity index (χ1) is 10.7. The van der Waals surface area contributed by atoms with E-state index in [9.17, 15) is 10.4 Å². The molecular weight excluding hydrogens is 274 g/mol. The summed E-state index contributed by atoms with van der Waals surface area (Å²) in [6, 6.07) is 15.6. The SMILES string of the molecule is Cc1cc(CO)cc(/C(C#N)=C/c2coc3ccccc23)c1. The topological polar surface area (TPSA) is 57.2 Å². The molecule has 0 saturated heterocycles. The number of furan rings is 1. The van der Waals surface area contributed by atoms with Gasteiger partial charge in [0.25, 0.3) is 0 Å². The van der Waals surface area contributed by atoms with E-state index in [0.29, 0.717) is 5.57 Å². The summed E-state index contributed by atoms with van der Waals surface area (Å²) in [6.45, 7) is 1.91. The molecule has 22 heavy (non-hydrogen) atoms. The number of rotatable bonds is 3. The van der Waals surface area contributed by atoms with E-state index in [1.54, 1.807) is 6.26 Å². The molecule has 3 rings (SSSR count). The molecule has 0 fully saturated rings. The summed E-state index contributed by atoms with van der Waals surface area (Å²) in [5.74, 6) is 0. The standard InChI is InChI=1S/C19H15NO2/c1-13-6-14(11-21)8-15(7-13)16(10-20)9-17-12-22-19-5-3-2-4-18(17)19/h2-9,12,21H,11H2,1H3/b16-9+. The first-order valence-electron chi connectivity index (χ1n) is 7.01. The van der Waals surface area contributed by atoms with Gasteiger partial charge in [-0.25, -0.2) is 0 Å². The maximum Gasteiger partial charge on any atom is 0.134 e. The molecule has 0 atom stereocenters. The van der Waals surface area contributed by atoms with E-state index >= 15 is 0 Å². The van der Waals surface area contributed by atoms with Crippen molar-refractivity contribution in [3.63, 3.8) is 0 Å². The Morgan fingerprint density at radius 3 is 2.86 bits per heavy atom. The zero-order valence-corrected chi connectivity index (χ0v) is 12.2. The summed E-state index contributed by atoms with van der Waals surface area (Å²) in [7, 11) is 0. The summed E-state index contributed by atoms with van der Waals surface area (Å²) in [5.41, 5.74) is 4.83. The molecule has 0 saturated carbocycles. The summed E-state index contributed by atoms with van der Waals surface area (Å²) >= 11 is 0. The number of fused-ring (bicyclic) bond motifs is 1. The van der Waals surface area contributed by atoms with E-state index in [4.69, 9.17) is 4.42 Å². The smallest absolute Gasteiger partial charge is 0.134 e. The fourth-order valence-electron chi connectivity index (χ4n) is 2.56. The molecule has 0 unspecified atom stereocenters. The number of nitriles is 1. The van der Waals surface area contributed by atoms with Gasteiger partial charge in [0.2, 0.25) is 0 Å². The molecule has 0 bridgehead atoms. The maximum atomic E-state index is 9.49. The molecule has 3 aromatic rings. The largest absolute Gasteiger partial charge is 0.464 e. The van der Waals surface area contributed by atoms with Gasteiger partial charge in [0.1, 0.15) is 5.58 Å². The average molecular weight is 289 g/mol. The zero-order chi connectivity index (χ0) is 15.5. The summed E-state index contributed by atoms with van der Waals surface area (Å²) in [4.78, 5) is 0. The molecule has 1 heterocycles. The Kier molecular flexibility index (Phi) is 3.78. The van der Waals surface area contributed by atoms with Gasteiger partial charge in [0.15, 0.2) is 0 Å². The highest BCUT2D eigenvalue weighted by molar-refractivity contribution is 5.97. The number of hydrogen-bond acceptors (Lipinski definition) is 3. The van der Waals surface area contributed by atoms with Gasteiger partial charge in [-0.05, 0) is 36.3 Å². The summed E-state index contributed by atoms with van der Waals surface area (Å²) in [6.07, 6.45) is 3.48. The Balaban J connectivity index is 2.12. The number of nitrogens with zero attached hydrogens (tertiary/aromatic N) is 1. The van der Waals surface area contributed by atoms with Crippen LogP contribution >= 0.6 is 0 Å². The number of allylic oxidation sites excluding steroid dienone is 1. The predicted octanol–water partition coefficient (Wildman–Crippen LogP) is 4.30. The van der Waals surface area contributed by atoms with Crippen LogP contribution < -0.4 is 0 Å². The van der Waals surface area contributed by atoms with Crippen molar-refractivity contribution in [3.8, 4) is 6.07 Å². The third kappa shape index (κ3) is 2.65. The Morgan fingerprint density at radius 1 is 1.27 bits per heavy atom. The van der Waals surface area contributed by atoms with Gasteiger partial charge in [-0.1, -0.05) is 35.9 Å². The molecular formula is C19H15NO2. The van der Waals surface area contributed by atoms with Crippen LogP contribution in [-0.2, 0) is 6.61 Å². The Labute approximate surface area is 128 Å². The second kappa shape index (κ2) is 5.88. The minimum absolute atomic E-state index is 0.0397. The minimum Gasteiger partial charge on any atom is -0.464 e. The molecule has 1 N–H and O–H groups in total. The van der Waals surface area contributed by atoms with Crippen LogP contribution in [0.1, 0.15) is 22.3 Å². The van der Waals surface area contributed by atoms with Gasteiger partial charge in [-0.15, -0.1) is 0 Å². The zero-order valence-electron chi connectivity index (χ0n) is 12.2. The number of benzene rings is 2. The molecule has 0 aliphatic carbocycles. The van der Waals surface area contributed by atoms with Crippen LogP contribution in [0.3, 0.4) is 0 Å². The molecule has 3 nitrogen and oxygen atoms in total. The number of aryl methyl sites for hydroxylation is 1. The number of hydrogen-bond donors (Lipinski definition) is 1. The lowest BCUT2D eigenvalue weighted by Crippen LogP contribution is -1.90. The molecule has 108 valence electrons. The third-order valence-corrected chi connectivity index (χ3v) is 3.56. The molecule has 2 aromatic carbocycles. The second-order valence-electron chi connectivity index (χ2n) is 5.22. The quantitative estimate of drug-likeness (QED) is 0.731. The van der Waals surface area contributed by atoms with Crippen molar-refractivity contribution >= 4 is 22.6 Å². The van der Waals surface area contributed by atoms with Crippen molar-refractivity contribution in [2.75, 3.05) is 0 Å². The fraction of sp³-hybridized carbons (Fsp3) is 0.105. The van der Waals surface area contributed by atoms with E-state index in [0.717, 1.165) is 33.2 Å². The lowest BCUT2D eigenvalue weighted by molar-refractivity contribution is 0.281. The van der Waals surface area contributed by atoms with Crippen LogP contribution in [0.25, 0.3) is 22.6 Å². The molecule has 3 heteroatoms. The Morgan fingerprint density at radius 2 is 2.09 bits per heavy atom. The van der Waals surface area contributed by atoms with E-state index < -0.39 is 0 Å². The molecule has 0 radical (unpaired) electrons. The monoisotopic (exact) mass is 289 g/mol. The Hall–Kier alpha value is -2.83. The van der Waals surface area contributed by atoms with Crippen LogP contribution in [0, 0.1) is 18.3 Å². The number of para-hydroxylation sites is 1. The third-order valence-electron chi connectivity index (χ3n) is 3.56. The highest BCUT2D eigenvalue weighted by Crippen LogP contribution is 2.26.